The van der Waals surface area contributed by atoms with E-state index in [1.165, 1.54) is 133 Å². The van der Waals surface area contributed by atoms with Gasteiger partial charge >= 0.3 is 234 Å². The molecule has 212 valence electrons. The second-order valence-electron chi connectivity index (χ2n) is 10.9. The molecule has 3 nitrogen and oxygen atoms in total. The SMILES string of the molecule is CCCCCCCC[O][Sn]([CH2]CC)([CH2]CCC)[O][Sn]([CH2]CC)([CH2]CCC)[O]CCCCCCCC. The monoisotopic (exact) mass is 714 g/mol. The molecule has 0 aromatic heterocycles. The predicted octanol–water partition coefficient (Wildman–Crippen LogP) is 11.1. The van der Waals surface area contributed by atoms with Gasteiger partial charge in [-0.3, -0.25) is 0 Å². The summed E-state index contributed by atoms with van der Waals surface area (Å²) in [7, 11) is 0. The van der Waals surface area contributed by atoms with Crippen molar-refractivity contribution in [2.45, 2.75) is 175 Å². The van der Waals surface area contributed by atoms with Crippen LogP contribution in [0.4, 0.5) is 0 Å². The Labute approximate surface area is 232 Å². The van der Waals surface area contributed by atoms with Crippen molar-refractivity contribution in [3.63, 3.8) is 0 Å². The number of hydrogen-bond acceptors (Lipinski definition) is 3. The Kier molecular flexibility index (Phi) is 26.8. The van der Waals surface area contributed by atoms with E-state index in [1.807, 2.05) is 0 Å². The van der Waals surface area contributed by atoms with Gasteiger partial charge in [0.05, 0.1) is 0 Å². The Bertz CT molecular complexity index is 400. The summed E-state index contributed by atoms with van der Waals surface area (Å²) in [6.07, 6.45) is 23.4. The normalized spacial score (nSPS) is 15.3. The average Bonchev–Trinajstić information content (AvgIpc) is 2.85. The van der Waals surface area contributed by atoms with Gasteiger partial charge in [-0.15, -0.1) is 0 Å². The van der Waals surface area contributed by atoms with E-state index in [0.717, 1.165) is 13.2 Å². The Morgan fingerprint density at radius 1 is 0.343 bits per heavy atom. The van der Waals surface area contributed by atoms with Crippen LogP contribution in [0.2, 0.25) is 17.7 Å². The Hall–Kier alpha value is 1.48. The molecule has 0 bridgehead atoms. The predicted molar refractivity (Wildman–Crippen MR) is 161 cm³/mol. The van der Waals surface area contributed by atoms with Crippen LogP contribution in [-0.4, -0.2) is 51.6 Å². The van der Waals surface area contributed by atoms with E-state index in [4.69, 9.17) is 7.56 Å². The second-order valence-corrected chi connectivity index (χ2v) is 33.1. The molecule has 0 rings (SSSR count). The molecule has 0 saturated heterocycles. The van der Waals surface area contributed by atoms with E-state index >= 15 is 0 Å². The fraction of sp³-hybridized carbons (Fsp3) is 1.00. The molecule has 0 radical (unpaired) electrons. The van der Waals surface area contributed by atoms with Crippen molar-refractivity contribution in [2.75, 3.05) is 13.2 Å². The van der Waals surface area contributed by atoms with Crippen molar-refractivity contribution in [3.05, 3.63) is 0 Å². The molecule has 0 spiro atoms. The van der Waals surface area contributed by atoms with Gasteiger partial charge in [-0.25, -0.2) is 0 Å². The Morgan fingerprint density at radius 2 is 0.686 bits per heavy atom. The molecule has 2 unspecified atom stereocenters. The Balaban J connectivity index is 5.32. The van der Waals surface area contributed by atoms with Crippen LogP contribution < -0.4 is 0 Å². The van der Waals surface area contributed by atoms with Crippen LogP contribution in [0.3, 0.4) is 0 Å². The van der Waals surface area contributed by atoms with Crippen LogP contribution in [0.1, 0.15) is 157 Å². The standard InChI is InChI=1S/2C8H17O.2C4H9.2C3H7.O.2Sn/c2*1-2-3-4-5-6-7-8-9;2*1-3-4-2;2*1-3-2;;;/h2*2-8H2,1H3;2*1,3-4H2,2H3;2*1,3H2,2H3;;;/q2*-1;;;;;;2*+1. The first-order valence-corrected chi connectivity index (χ1v) is 28.8. The fourth-order valence-electron chi connectivity index (χ4n) is 5.08. The first-order chi connectivity index (χ1) is 17.1. The van der Waals surface area contributed by atoms with Crippen molar-refractivity contribution in [1.82, 2.24) is 0 Å². The van der Waals surface area contributed by atoms with E-state index in [1.54, 1.807) is 0 Å². The molecule has 2 atom stereocenters. The van der Waals surface area contributed by atoms with E-state index in [9.17, 15) is 0 Å². The summed E-state index contributed by atoms with van der Waals surface area (Å²) in [4.78, 5) is 0. The minimum atomic E-state index is -3.17. The molecule has 0 aliphatic rings. The van der Waals surface area contributed by atoms with Crippen molar-refractivity contribution in [3.8, 4) is 0 Å². The van der Waals surface area contributed by atoms with Crippen LogP contribution >= 0.6 is 0 Å². The molecule has 35 heavy (non-hydrogen) atoms. The van der Waals surface area contributed by atoms with Crippen molar-refractivity contribution >= 4 is 38.4 Å². The first kappa shape index (κ1) is 36.5. The molecular weight excluding hydrogens is 646 g/mol. The topological polar surface area (TPSA) is 27.7 Å². The van der Waals surface area contributed by atoms with E-state index in [0.29, 0.717) is 0 Å². The summed E-state index contributed by atoms with van der Waals surface area (Å²) in [5.74, 6) is 0. The fourth-order valence-corrected chi connectivity index (χ4v) is 47.0. The van der Waals surface area contributed by atoms with Crippen LogP contribution in [-0.2, 0) is 7.56 Å². The van der Waals surface area contributed by atoms with Gasteiger partial charge in [-0.2, -0.15) is 0 Å². The Morgan fingerprint density at radius 3 is 1.03 bits per heavy atom. The van der Waals surface area contributed by atoms with Crippen LogP contribution in [0.15, 0.2) is 0 Å². The van der Waals surface area contributed by atoms with Crippen LogP contribution in [0.5, 0.6) is 0 Å². The van der Waals surface area contributed by atoms with Crippen molar-refractivity contribution in [1.29, 1.82) is 0 Å². The van der Waals surface area contributed by atoms with Crippen LogP contribution in [0, 0.1) is 0 Å². The van der Waals surface area contributed by atoms with Crippen LogP contribution in [0.25, 0.3) is 0 Å². The molecule has 0 amide bonds. The molecule has 0 aliphatic carbocycles. The van der Waals surface area contributed by atoms with Gasteiger partial charge in [0.2, 0.25) is 0 Å². The van der Waals surface area contributed by atoms with Crippen molar-refractivity contribution < 1.29 is 7.56 Å². The van der Waals surface area contributed by atoms with Gasteiger partial charge in [0, 0.05) is 0 Å². The quantitative estimate of drug-likeness (QED) is 0.0597. The molecule has 5 heteroatoms. The maximum absolute atomic E-state index is 7.58. The van der Waals surface area contributed by atoms with Crippen molar-refractivity contribution in [2.24, 2.45) is 0 Å². The van der Waals surface area contributed by atoms with Gasteiger partial charge in [-0.05, 0) is 0 Å². The first-order valence-electron chi connectivity index (χ1n) is 16.1. The number of rotatable bonds is 28. The third-order valence-corrected chi connectivity index (χ3v) is 41.3. The van der Waals surface area contributed by atoms with Gasteiger partial charge in [0.1, 0.15) is 0 Å². The van der Waals surface area contributed by atoms with Gasteiger partial charge in [0.15, 0.2) is 0 Å². The zero-order valence-corrected chi connectivity index (χ0v) is 30.9. The van der Waals surface area contributed by atoms with Gasteiger partial charge in [0.25, 0.3) is 0 Å². The summed E-state index contributed by atoms with van der Waals surface area (Å²) in [5, 5.41) is 0. The molecule has 0 aromatic rings. The molecule has 0 fully saturated rings. The van der Waals surface area contributed by atoms with E-state index in [-0.39, 0.29) is 0 Å². The maximum atomic E-state index is 7.58. The summed E-state index contributed by atoms with van der Waals surface area (Å²) < 4.78 is 26.5. The minimum absolute atomic E-state index is 0.936. The molecule has 0 aliphatic heterocycles. The second kappa shape index (κ2) is 25.7. The number of unbranched alkanes of at least 4 members (excludes halogenated alkanes) is 12. The van der Waals surface area contributed by atoms with E-state index in [2.05, 4.69) is 41.5 Å². The van der Waals surface area contributed by atoms with Gasteiger partial charge in [-0.1, -0.05) is 0 Å². The number of hydrogen-bond donors (Lipinski definition) is 0. The zero-order valence-electron chi connectivity index (χ0n) is 25.2. The molecule has 0 N–H and O–H groups in total. The summed E-state index contributed by atoms with van der Waals surface area (Å²) >= 11 is -6.33. The molecular formula is C30H66O3Sn2. The molecule has 0 aromatic carbocycles. The summed E-state index contributed by atoms with van der Waals surface area (Å²) in [6, 6.07) is 0. The zero-order chi connectivity index (χ0) is 26.1. The third-order valence-electron chi connectivity index (χ3n) is 7.18. The third kappa shape index (κ3) is 19.2. The van der Waals surface area contributed by atoms with Gasteiger partial charge < -0.3 is 0 Å². The molecule has 0 saturated carbocycles. The summed E-state index contributed by atoms with van der Waals surface area (Å²) in [6.45, 7) is 15.8. The molecule has 0 heterocycles. The van der Waals surface area contributed by atoms with E-state index < -0.39 is 38.4 Å². The summed E-state index contributed by atoms with van der Waals surface area (Å²) in [5.41, 5.74) is 0. The average molecular weight is 712 g/mol.